The SMILES string of the molecule is COc1cc(F)c(OC2CCC(C)(C(=O)O)CC2)cc1C(=O)N(Br)[C@@H]1COC[C@@H]1C(=O)NCC1(C)CCC1. The molecule has 1 aromatic rings. The van der Waals surface area contributed by atoms with Crippen LogP contribution in [0.1, 0.15) is 69.2 Å². The fourth-order valence-electron chi connectivity index (χ4n) is 5.37. The zero-order chi connectivity index (χ0) is 27.7. The lowest BCUT2D eigenvalue weighted by Crippen LogP contribution is -2.47. The van der Waals surface area contributed by atoms with Crippen molar-refractivity contribution in [1.82, 2.24) is 9.24 Å². The molecule has 0 unspecified atom stereocenters. The zero-order valence-corrected chi connectivity index (χ0v) is 23.6. The Kier molecular flexibility index (Phi) is 8.56. The number of nitrogens with zero attached hydrogens (tertiary/aromatic N) is 1. The van der Waals surface area contributed by atoms with Gasteiger partial charge in [0.2, 0.25) is 5.91 Å². The van der Waals surface area contributed by atoms with Crippen molar-refractivity contribution in [3.05, 3.63) is 23.5 Å². The number of carbonyl (C=O) groups excluding carboxylic acids is 2. The van der Waals surface area contributed by atoms with Crippen molar-refractivity contribution in [1.29, 1.82) is 0 Å². The molecule has 0 bridgehead atoms. The molecular formula is C27H36BrFN2O7. The van der Waals surface area contributed by atoms with Gasteiger partial charge in [-0.15, -0.1) is 0 Å². The standard InChI is InChI=1S/C27H36BrFN2O7/c1-26(7-4-8-26)15-30-23(32)18-13-37-14-20(18)31(28)24(33)17-11-22(19(29)12-21(17)36-3)38-16-5-9-27(2,10-6-16)25(34)35/h11-12,16,18,20H,4-10,13-15H2,1-3H3,(H,30,32)(H,34,35)/t16?,18-,20+,27?/m0/s1. The fourth-order valence-corrected chi connectivity index (χ4v) is 5.97. The van der Waals surface area contributed by atoms with Crippen LogP contribution < -0.4 is 14.8 Å². The second-order valence-corrected chi connectivity index (χ2v) is 12.1. The predicted octanol–water partition coefficient (Wildman–Crippen LogP) is 4.32. The summed E-state index contributed by atoms with van der Waals surface area (Å²) in [7, 11) is 1.34. The van der Waals surface area contributed by atoms with Crippen LogP contribution in [0.4, 0.5) is 4.39 Å². The van der Waals surface area contributed by atoms with Gasteiger partial charge in [-0.3, -0.25) is 18.3 Å². The van der Waals surface area contributed by atoms with Crippen LogP contribution in [0.15, 0.2) is 12.1 Å². The molecule has 0 spiro atoms. The third-order valence-electron chi connectivity index (χ3n) is 8.45. The van der Waals surface area contributed by atoms with Crippen molar-refractivity contribution in [3.63, 3.8) is 0 Å². The fraction of sp³-hybridized carbons (Fsp3) is 0.667. The number of benzene rings is 1. The minimum Gasteiger partial charge on any atom is -0.496 e. The van der Waals surface area contributed by atoms with Crippen LogP contribution in [0.25, 0.3) is 0 Å². The molecule has 3 fully saturated rings. The van der Waals surface area contributed by atoms with Gasteiger partial charge in [0.25, 0.3) is 5.91 Å². The van der Waals surface area contributed by atoms with E-state index in [9.17, 15) is 23.9 Å². The molecule has 3 aliphatic rings. The molecule has 1 aromatic carbocycles. The number of halogens is 2. The number of methoxy groups -OCH3 is 1. The summed E-state index contributed by atoms with van der Waals surface area (Å²) in [6, 6.07) is 1.84. The number of hydrogen-bond donors (Lipinski definition) is 2. The van der Waals surface area contributed by atoms with Crippen molar-refractivity contribution in [2.24, 2.45) is 16.7 Å². The van der Waals surface area contributed by atoms with Crippen LogP contribution in [0, 0.1) is 22.6 Å². The highest BCUT2D eigenvalue weighted by molar-refractivity contribution is 9.07. The van der Waals surface area contributed by atoms with E-state index < -0.39 is 35.1 Å². The number of nitrogens with one attached hydrogen (secondary N) is 1. The van der Waals surface area contributed by atoms with Crippen LogP contribution in [0.5, 0.6) is 11.5 Å². The average Bonchev–Trinajstić information content (AvgIpc) is 3.37. The molecule has 2 N–H and O–H groups in total. The van der Waals surface area contributed by atoms with E-state index in [0.29, 0.717) is 32.2 Å². The minimum atomic E-state index is -0.850. The molecule has 2 atom stereocenters. The first kappa shape index (κ1) is 28.6. The lowest BCUT2D eigenvalue weighted by molar-refractivity contribution is -0.150. The molecule has 0 radical (unpaired) electrons. The van der Waals surface area contributed by atoms with Gasteiger partial charge in [0.15, 0.2) is 11.6 Å². The van der Waals surface area contributed by atoms with E-state index in [-0.39, 0.29) is 47.7 Å². The molecule has 11 heteroatoms. The van der Waals surface area contributed by atoms with Gasteiger partial charge < -0.3 is 24.6 Å². The van der Waals surface area contributed by atoms with E-state index in [1.165, 1.54) is 23.5 Å². The Morgan fingerprint density at radius 1 is 1.16 bits per heavy atom. The van der Waals surface area contributed by atoms with Crippen LogP contribution in [-0.2, 0) is 14.3 Å². The van der Waals surface area contributed by atoms with Gasteiger partial charge in [-0.1, -0.05) is 13.3 Å². The predicted molar refractivity (Wildman–Crippen MR) is 140 cm³/mol. The molecular weight excluding hydrogens is 563 g/mol. The third kappa shape index (κ3) is 5.93. The Bertz CT molecular complexity index is 1070. The van der Waals surface area contributed by atoms with Crippen LogP contribution in [0.3, 0.4) is 0 Å². The van der Waals surface area contributed by atoms with Crippen molar-refractivity contribution in [2.75, 3.05) is 26.9 Å². The Hall–Kier alpha value is -2.40. The van der Waals surface area contributed by atoms with Gasteiger partial charge in [0, 0.05) is 12.6 Å². The van der Waals surface area contributed by atoms with E-state index in [4.69, 9.17) is 14.2 Å². The summed E-state index contributed by atoms with van der Waals surface area (Å²) in [5.41, 5.74) is -0.630. The molecule has 4 rings (SSSR count). The minimum absolute atomic E-state index is 0.0317. The molecule has 210 valence electrons. The summed E-state index contributed by atoms with van der Waals surface area (Å²) in [5, 5.41) is 12.5. The van der Waals surface area contributed by atoms with Gasteiger partial charge in [0.1, 0.15) is 5.75 Å². The first-order chi connectivity index (χ1) is 18.0. The number of hydrogen-bond acceptors (Lipinski definition) is 6. The first-order valence-electron chi connectivity index (χ1n) is 13.1. The normalized spacial score (nSPS) is 28.2. The van der Waals surface area contributed by atoms with Crippen molar-refractivity contribution >= 4 is 33.9 Å². The topological polar surface area (TPSA) is 114 Å². The smallest absolute Gasteiger partial charge is 0.309 e. The molecule has 2 aliphatic carbocycles. The van der Waals surface area contributed by atoms with Gasteiger partial charge in [-0.25, -0.2) is 4.39 Å². The number of rotatable bonds is 9. The Labute approximate surface area is 230 Å². The van der Waals surface area contributed by atoms with Gasteiger partial charge in [0.05, 0.1) is 65.5 Å². The number of carboxylic acids is 1. The Balaban J connectivity index is 1.46. The summed E-state index contributed by atoms with van der Waals surface area (Å²) < 4.78 is 32.9. The maximum Gasteiger partial charge on any atom is 0.309 e. The van der Waals surface area contributed by atoms with Gasteiger partial charge >= 0.3 is 5.97 Å². The highest BCUT2D eigenvalue weighted by Gasteiger charge is 2.42. The molecule has 0 aromatic heterocycles. The average molecular weight is 599 g/mol. The Morgan fingerprint density at radius 2 is 1.84 bits per heavy atom. The van der Waals surface area contributed by atoms with E-state index in [0.717, 1.165) is 18.9 Å². The second-order valence-electron chi connectivity index (χ2n) is 11.4. The first-order valence-corrected chi connectivity index (χ1v) is 13.8. The lowest BCUT2D eigenvalue weighted by Gasteiger charge is -2.38. The van der Waals surface area contributed by atoms with Crippen molar-refractivity contribution in [2.45, 2.75) is 70.9 Å². The maximum atomic E-state index is 14.9. The largest absolute Gasteiger partial charge is 0.496 e. The summed E-state index contributed by atoms with van der Waals surface area (Å²) in [6.45, 7) is 4.80. The molecule has 1 saturated heterocycles. The summed E-state index contributed by atoms with van der Waals surface area (Å²) >= 11 is 3.34. The molecule has 1 aliphatic heterocycles. The van der Waals surface area contributed by atoms with E-state index in [1.807, 2.05) is 0 Å². The van der Waals surface area contributed by atoms with Crippen LogP contribution in [0.2, 0.25) is 0 Å². The highest BCUT2D eigenvalue weighted by Crippen LogP contribution is 2.40. The molecule has 1 heterocycles. The number of aliphatic carboxylic acids is 1. The summed E-state index contributed by atoms with van der Waals surface area (Å²) in [5.74, 6) is -2.86. The molecule has 38 heavy (non-hydrogen) atoms. The van der Waals surface area contributed by atoms with E-state index in [1.54, 1.807) is 6.92 Å². The van der Waals surface area contributed by atoms with E-state index in [2.05, 4.69) is 28.4 Å². The van der Waals surface area contributed by atoms with Gasteiger partial charge in [-0.05, 0) is 56.9 Å². The van der Waals surface area contributed by atoms with E-state index >= 15 is 0 Å². The quantitative estimate of drug-likeness (QED) is 0.407. The van der Waals surface area contributed by atoms with Gasteiger partial charge in [-0.2, -0.15) is 0 Å². The highest BCUT2D eigenvalue weighted by atomic mass is 79.9. The summed E-state index contributed by atoms with van der Waals surface area (Å²) in [6.07, 6.45) is 4.69. The van der Waals surface area contributed by atoms with Crippen LogP contribution >= 0.6 is 16.1 Å². The Morgan fingerprint density at radius 3 is 2.42 bits per heavy atom. The third-order valence-corrected chi connectivity index (χ3v) is 9.30. The maximum absolute atomic E-state index is 14.9. The number of ether oxygens (including phenoxy) is 3. The zero-order valence-electron chi connectivity index (χ0n) is 22.1. The molecule has 2 saturated carbocycles. The van der Waals surface area contributed by atoms with Crippen molar-refractivity contribution < 1.29 is 38.1 Å². The molecule has 2 amide bonds. The second kappa shape index (κ2) is 11.4. The number of carbonyl (C=O) groups is 3. The number of amides is 2. The molecule has 9 nitrogen and oxygen atoms in total. The lowest BCUT2D eigenvalue weighted by atomic mass is 9.70. The number of carboxylic acid groups (broad SMARTS) is 1. The van der Waals surface area contributed by atoms with Crippen molar-refractivity contribution in [3.8, 4) is 11.5 Å². The van der Waals surface area contributed by atoms with Crippen LogP contribution in [-0.4, -0.2) is 65.8 Å². The summed E-state index contributed by atoms with van der Waals surface area (Å²) in [4.78, 5) is 38.0. The monoisotopic (exact) mass is 598 g/mol.